The van der Waals surface area contributed by atoms with Crippen LogP contribution in [0.4, 0.5) is 0 Å². The highest BCUT2D eigenvalue weighted by molar-refractivity contribution is 6.07. The van der Waals surface area contributed by atoms with Crippen LogP contribution >= 0.6 is 0 Å². The van der Waals surface area contributed by atoms with Gasteiger partial charge in [-0.25, -0.2) is 0 Å². The average molecular weight is 282 g/mol. The molecule has 1 N–H and O–H groups in total. The molecule has 0 unspecified atom stereocenters. The summed E-state index contributed by atoms with van der Waals surface area (Å²) in [6.07, 6.45) is 3.34. The minimum atomic E-state index is -0.126. The van der Waals surface area contributed by atoms with E-state index in [2.05, 4.69) is 0 Å². The van der Waals surface area contributed by atoms with E-state index in [1.807, 2.05) is 31.2 Å². The molecule has 0 aromatic heterocycles. The molecule has 21 heavy (non-hydrogen) atoms. The van der Waals surface area contributed by atoms with Crippen molar-refractivity contribution >= 4 is 11.9 Å². The Morgan fingerprint density at radius 1 is 1.24 bits per heavy atom. The SMILES string of the molecule is COc1cc(CO)cc(C(=O)/C=C/c2ccccc2C)c1. The zero-order valence-electron chi connectivity index (χ0n) is 12.2. The molecule has 0 saturated carbocycles. The maximum absolute atomic E-state index is 12.2. The molecule has 2 rings (SSSR count). The number of allylic oxidation sites excluding steroid dienone is 1. The van der Waals surface area contributed by atoms with Gasteiger partial charge in [0.25, 0.3) is 0 Å². The van der Waals surface area contributed by atoms with E-state index >= 15 is 0 Å². The molecule has 0 aliphatic rings. The second-order valence-electron chi connectivity index (χ2n) is 4.78. The fraction of sp³-hybridized carbons (Fsp3) is 0.167. The van der Waals surface area contributed by atoms with Gasteiger partial charge in [0, 0.05) is 5.56 Å². The van der Waals surface area contributed by atoms with Crippen molar-refractivity contribution in [3.8, 4) is 5.75 Å². The molecule has 0 radical (unpaired) electrons. The number of ketones is 1. The Morgan fingerprint density at radius 2 is 2.00 bits per heavy atom. The number of aliphatic hydroxyl groups is 1. The highest BCUT2D eigenvalue weighted by Crippen LogP contribution is 2.18. The zero-order chi connectivity index (χ0) is 15.2. The van der Waals surface area contributed by atoms with E-state index in [9.17, 15) is 9.90 Å². The molecule has 2 aromatic carbocycles. The third-order valence-corrected chi connectivity index (χ3v) is 3.27. The van der Waals surface area contributed by atoms with E-state index in [1.54, 1.807) is 24.3 Å². The van der Waals surface area contributed by atoms with Crippen LogP contribution < -0.4 is 4.74 Å². The average Bonchev–Trinajstić information content (AvgIpc) is 2.53. The zero-order valence-corrected chi connectivity index (χ0v) is 12.2. The molecule has 0 spiro atoms. The number of benzene rings is 2. The molecule has 0 fully saturated rings. The van der Waals surface area contributed by atoms with Crippen molar-refractivity contribution in [3.05, 3.63) is 70.8 Å². The van der Waals surface area contributed by atoms with E-state index in [0.29, 0.717) is 16.9 Å². The lowest BCUT2D eigenvalue weighted by Crippen LogP contribution is -1.98. The third kappa shape index (κ3) is 3.80. The van der Waals surface area contributed by atoms with Gasteiger partial charge in [0.05, 0.1) is 13.7 Å². The molecular formula is C18H18O3. The molecule has 0 atom stereocenters. The topological polar surface area (TPSA) is 46.5 Å². The minimum Gasteiger partial charge on any atom is -0.497 e. The number of carbonyl (C=O) groups is 1. The van der Waals surface area contributed by atoms with Crippen molar-refractivity contribution in [1.29, 1.82) is 0 Å². The summed E-state index contributed by atoms with van der Waals surface area (Å²) in [6, 6.07) is 12.9. The van der Waals surface area contributed by atoms with E-state index in [1.165, 1.54) is 13.2 Å². The number of carbonyl (C=O) groups excluding carboxylic acids is 1. The second kappa shape index (κ2) is 6.86. The molecule has 0 aliphatic heterocycles. The van der Waals surface area contributed by atoms with Crippen LogP contribution in [0.15, 0.2) is 48.5 Å². The summed E-state index contributed by atoms with van der Waals surface area (Å²) >= 11 is 0. The maximum atomic E-state index is 12.2. The summed E-state index contributed by atoms with van der Waals surface area (Å²) in [5.41, 5.74) is 3.28. The highest BCUT2D eigenvalue weighted by atomic mass is 16.5. The van der Waals surface area contributed by atoms with Crippen LogP contribution in [0, 0.1) is 6.92 Å². The van der Waals surface area contributed by atoms with E-state index < -0.39 is 0 Å². The number of ether oxygens (including phenoxy) is 1. The lowest BCUT2D eigenvalue weighted by Gasteiger charge is -2.05. The summed E-state index contributed by atoms with van der Waals surface area (Å²) in [5.74, 6) is 0.445. The number of aliphatic hydroxyl groups excluding tert-OH is 1. The van der Waals surface area contributed by atoms with Crippen LogP contribution in [0.1, 0.15) is 27.0 Å². The first-order valence-corrected chi connectivity index (χ1v) is 6.71. The first kappa shape index (κ1) is 15.0. The number of hydrogen-bond donors (Lipinski definition) is 1. The van der Waals surface area contributed by atoms with Crippen LogP contribution in [0.3, 0.4) is 0 Å². The molecule has 108 valence electrons. The summed E-state index contributed by atoms with van der Waals surface area (Å²) in [6.45, 7) is 1.87. The molecule has 2 aromatic rings. The first-order valence-electron chi connectivity index (χ1n) is 6.71. The van der Waals surface area contributed by atoms with Crippen LogP contribution in [0.2, 0.25) is 0 Å². The van der Waals surface area contributed by atoms with Gasteiger partial charge >= 0.3 is 0 Å². The number of methoxy groups -OCH3 is 1. The molecule has 0 saturated heterocycles. The van der Waals surface area contributed by atoms with E-state index in [-0.39, 0.29) is 12.4 Å². The van der Waals surface area contributed by atoms with E-state index in [0.717, 1.165) is 11.1 Å². The van der Waals surface area contributed by atoms with Gasteiger partial charge in [0.15, 0.2) is 5.78 Å². The molecular weight excluding hydrogens is 264 g/mol. The Kier molecular flexibility index (Phi) is 4.90. The van der Waals surface area contributed by atoms with Gasteiger partial charge < -0.3 is 9.84 Å². The largest absolute Gasteiger partial charge is 0.497 e. The molecule has 3 heteroatoms. The fourth-order valence-electron chi connectivity index (χ4n) is 2.05. The number of aryl methyl sites for hydroxylation is 1. The Morgan fingerprint density at radius 3 is 2.67 bits per heavy atom. The third-order valence-electron chi connectivity index (χ3n) is 3.27. The molecule has 0 heterocycles. The van der Waals surface area contributed by atoms with Crippen molar-refractivity contribution in [3.63, 3.8) is 0 Å². The predicted octanol–water partition coefficient (Wildman–Crippen LogP) is 3.39. The lowest BCUT2D eigenvalue weighted by molar-refractivity contribution is 0.104. The van der Waals surface area contributed by atoms with Gasteiger partial charge in [-0.15, -0.1) is 0 Å². The smallest absolute Gasteiger partial charge is 0.185 e. The van der Waals surface area contributed by atoms with Crippen LogP contribution in [-0.2, 0) is 6.61 Å². The summed E-state index contributed by atoms with van der Waals surface area (Å²) in [5, 5.41) is 9.22. The van der Waals surface area contributed by atoms with Crippen LogP contribution in [-0.4, -0.2) is 18.0 Å². The van der Waals surface area contributed by atoms with Crippen molar-refractivity contribution in [2.75, 3.05) is 7.11 Å². The minimum absolute atomic E-state index is 0.119. The van der Waals surface area contributed by atoms with Gasteiger partial charge in [0.1, 0.15) is 5.75 Å². The molecule has 0 bridgehead atoms. The first-order chi connectivity index (χ1) is 10.1. The van der Waals surface area contributed by atoms with Crippen LogP contribution in [0.5, 0.6) is 5.75 Å². The lowest BCUT2D eigenvalue weighted by atomic mass is 10.0. The monoisotopic (exact) mass is 282 g/mol. The predicted molar refractivity (Wildman–Crippen MR) is 83.5 cm³/mol. The quantitative estimate of drug-likeness (QED) is 0.675. The van der Waals surface area contributed by atoms with Crippen molar-refractivity contribution in [2.45, 2.75) is 13.5 Å². The standard InChI is InChI=1S/C18H18O3/c1-13-5-3-4-6-15(13)7-8-18(20)16-9-14(12-19)10-17(11-16)21-2/h3-11,19H,12H2,1-2H3/b8-7+. The summed E-state index contributed by atoms with van der Waals surface area (Å²) in [4.78, 5) is 12.2. The van der Waals surface area contributed by atoms with Gasteiger partial charge in [-0.3, -0.25) is 4.79 Å². The second-order valence-corrected chi connectivity index (χ2v) is 4.78. The van der Waals surface area contributed by atoms with Gasteiger partial charge in [-0.1, -0.05) is 30.3 Å². The van der Waals surface area contributed by atoms with Crippen molar-refractivity contribution in [1.82, 2.24) is 0 Å². The Bertz CT molecular complexity index is 650. The Hall–Kier alpha value is -2.39. The van der Waals surface area contributed by atoms with Gasteiger partial charge in [-0.05, 0) is 47.9 Å². The summed E-state index contributed by atoms with van der Waals surface area (Å²) < 4.78 is 5.14. The number of hydrogen-bond acceptors (Lipinski definition) is 3. The van der Waals surface area contributed by atoms with Crippen molar-refractivity contribution < 1.29 is 14.6 Å². The van der Waals surface area contributed by atoms with E-state index in [4.69, 9.17) is 4.74 Å². The maximum Gasteiger partial charge on any atom is 0.185 e. The normalized spacial score (nSPS) is 10.8. The Labute approximate surface area is 124 Å². The Balaban J connectivity index is 2.26. The number of rotatable bonds is 5. The van der Waals surface area contributed by atoms with Gasteiger partial charge in [-0.2, -0.15) is 0 Å². The van der Waals surface area contributed by atoms with Crippen LogP contribution in [0.25, 0.3) is 6.08 Å². The fourth-order valence-corrected chi connectivity index (χ4v) is 2.05. The molecule has 0 aliphatic carbocycles. The molecule has 3 nitrogen and oxygen atoms in total. The highest BCUT2D eigenvalue weighted by Gasteiger charge is 2.06. The summed E-state index contributed by atoms with van der Waals surface area (Å²) in [7, 11) is 1.54. The van der Waals surface area contributed by atoms with Gasteiger partial charge in [0.2, 0.25) is 0 Å². The van der Waals surface area contributed by atoms with Crippen molar-refractivity contribution in [2.24, 2.45) is 0 Å². The molecule has 0 amide bonds.